The highest BCUT2D eigenvalue weighted by Crippen LogP contribution is 2.13. The Bertz CT molecular complexity index is 673. The molecule has 23 heavy (non-hydrogen) atoms. The molecule has 1 aromatic heterocycles. The second-order valence-electron chi connectivity index (χ2n) is 5.99. The summed E-state index contributed by atoms with van der Waals surface area (Å²) in [4.78, 5) is 16.5. The summed E-state index contributed by atoms with van der Waals surface area (Å²) in [6.07, 6.45) is 1.82. The standard InChI is InChI=1S/C17H23N5O/c1-14-5-3-4-6-15(14)13-21-9-11-22(12-10-21)17(23)18-16-7-8-20(2)19-16/h3-8H,9-13H2,1-2H3,(H,18,19,23). The van der Waals surface area contributed by atoms with E-state index in [4.69, 9.17) is 0 Å². The second kappa shape index (κ2) is 6.83. The van der Waals surface area contributed by atoms with E-state index in [1.807, 2.05) is 18.1 Å². The summed E-state index contributed by atoms with van der Waals surface area (Å²) in [5, 5.41) is 7.02. The molecular formula is C17H23N5O. The van der Waals surface area contributed by atoms with Crippen molar-refractivity contribution in [3.63, 3.8) is 0 Å². The van der Waals surface area contributed by atoms with E-state index in [0.717, 1.165) is 32.7 Å². The van der Waals surface area contributed by atoms with Gasteiger partial charge in [0.1, 0.15) is 0 Å². The number of piperazine rings is 1. The third-order valence-electron chi connectivity index (χ3n) is 4.26. The Morgan fingerprint density at radius 2 is 1.91 bits per heavy atom. The molecule has 1 aliphatic rings. The molecule has 3 rings (SSSR count). The number of benzene rings is 1. The van der Waals surface area contributed by atoms with Crippen LogP contribution in [-0.4, -0.2) is 51.8 Å². The fourth-order valence-corrected chi connectivity index (χ4v) is 2.81. The van der Waals surface area contributed by atoms with Gasteiger partial charge in [0.15, 0.2) is 5.82 Å². The average molecular weight is 313 g/mol. The van der Waals surface area contributed by atoms with Crippen LogP contribution in [0.4, 0.5) is 10.6 Å². The van der Waals surface area contributed by atoms with E-state index in [0.29, 0.717) is 5.82 Å². The highest BCUT2D eigenvalue weighted by atomic mass is 16.2. The number of nitrogens with one attached hydrogen (secondary N) is 1. The summed E-state index contributed by atoms with van der Waals surface area (Å²) in [5.74, 6) is 0.597. The number of aromatic nitrogens is 2. The lowest BCUT2D eigenvalue weighted by Gasteiger charge is -2.34. The Hall–Kier alpha value is -2.34. The van der Waals surface area contributed by atoms with Crippen LogP contribution in [0.5, 0.6) is 0 Å². The lowest BCUT2D eigenvalue weighted by molar-refractivity contribution is 0.143. The number of carbonyl (C=O) groups is 1. The molecule has 6 nitrogen and oxygen atoms in total. The zero-order chi connectivity index (χ0) is 16.2. The fourth-order valence-electron chi connectivity index (χ4n) is 2.81. The first-order valence-corrected chi connectivity index (χ1v) is 7.94. The van der Waals surface area contributed by atoms with Crippen LogP contribution >= 0.6 is 0 Å². The van der Waals surface area contributed by atoms with Crippen molar-refractivity contribution in [1.29, 1.82) is 0 Å². The summed E-state index contributed by atoms with van der Waals surface area (Å²) >= 11 is 0. The third kappa shape index (κ3) is 3.90. The molecule has 2 amide bonds. The normalized spacial score (nSPS) is 15.7. The maximum Gasteiger partial charge on any atom is 0.323 e. The molecule has 1 fully saturated rings. The van der Waals surface area contributed by atoms with Gasteiger partial charge in [0.25, 0.3) is 0 Å². The largest absolute Gasteiger partial charge is 0.323 e. The van der Waals surface area contributed by atoms with Crippen LogP contribution in [0.15, 0.2) is 36.5 Å². The van der Waals surface area contributed by atoms with Crippen LogP contribution in [0, 0.1) is 6.92 Å². The molecule has 0 bridgehead atoms. The highest BCUT2D eigenvalue weighted by molar-refractivity contribution is 5.88. The van der Waals surface area contributed by atoms with Crippen LogP contribution in [0.1, 0.15) is 11.1 Å². The first-order valence-electron chi connectivity index (χ1n) is 7.94. The van der Waals surface area contributed by atoms with Crippen molar-refractivity contribution in [2.75, 3.05) is 31.5 Å². The van der Waals surface area contributed by atoms with Crippen LogP contribution in [0.2, 0.25) is 0 Å². The monoisotopic (exact) mass is 313 g/mol. The van der Waals surface area contributed by atoms with Gasteiger partial charge in [-0.3, -0.25) is 14.9 Å². The maximum atomic E-state index is 12.2. The van der Waals surface area contributed by atoms with Gasteiger partial charge >= 0.3 is 6.03 Å². The van der Waals surface area contributed by atoms with Crippen molar-refractivity contribution >= 4 is 11.8 Å². The molecule has 2 heterocycles. The number of rotatable bonds is 3. The smallest absolute Gasteiger partial charge is 0.322 e. The topological polar surface area (TPSA) is 53.4 Å². The molecule has 0 unspecified atom stereocenters. The maximum absolute atomic E-state index is 12.2. The van der Waals surface area contributed by atoms with Crippen molar-refractivity contribution in [3.05, 3.63) is 47.7 Å². The molecule has 6 heteroatoms. The lowest BCUT2D eigenvalue weighted by Crippen LogP contribution is -2.49. The van der Waals surface area contributed by atoms with E-state index in [-0.39, 0.29) is 6.03 Å². The number of hydrogen-bond acceptors (Lipinski definition) is 3. The zero-order valence-electron chi connectivity index (χ0n) is 13.7. The first kappa shape index (κ1) is 15.6. The molecular weight excluding hydrogens is 290 g/mol. The van der Waals surface area contributed by atoms with E-state index >= 15 is 0 Å². The molecule has 2 aromatic rings. The third-order valence-corrected chi connectivity index (χ3v) is 4.26. The molecule has 1 N–H and O–H groups in total. The Kier molecular flexibility index (Phi) is 4.62. The van der Waals surface area contributed by atoms with Crippen LogP contribution in [0.25, 0.3) is 0 Å². The van der Waals surface area contributed by atoms with Crippen molar-refractivity contribution in [2.24, 2.45) is 7.05 Å². The summed E-state index contributed by atoms with van der Waals surface area (Å²) in [6.45, 7) is 6.36. The van der Waals surface area contributed by atoms with E-state index < -0.39 is 0 Å². The number of carbonyl (C=O) groups excluding carboxylic acids is 1. The van der Waals surface area contributed by atoms with Crippen molar-refractivity contribution in [1.82, 2.24) is 19.6 Å². The van der Waals surface area contributed by atoms with Crippen molar-refractivity contribution < 1.29 is 4.79 Å². The van der Waals surface area contributed by atoms with Gasteiger partial charge in [-0.25, -0.2) is 4.79 Å². The summed E-state index contributed by atoms with van der Waals surface area (Å²) in [7, 11) is 1.83. The molecule has 1 saturated heterocycles. The Morgan fingerprint density at radius 1 is 1.17 bits per heavy atom. The molecule has 1 aromatic carbocycles. The molecule has 0 radical (unpaired) electrons. The van der Waals surface area contributed by atoms with Gasteiger partial charge in [0.05, 0.1) is 0 Å². The van der Waals surface area contributed by atoms with Gasteiger partial charge in [-0.2, -0.15) is 5.10 Å². The number of amides is 2. The van der Waals surface area contributed by atoms with Gasteiger partial charge in [-0.05, 0) is 18.1 Å². The van der Waals surface area contributed by atoms with Crippen LogP contribution < -0.4 is 5.32 Å². The van der Waals surface area contributed by atoms with E-state index in [9.17, 15) is 4.79 Å². The first-order chi connectivity index (χ1) is 11.1. The van der Waals surface area contributed by atoms with Crippen LogP contribution in [-0.2, 0) is 13.6 Å². The molecule has 0 aliphatic carbocycles. The predicted octanol–water partition coefficient (Wildman–Crippen LogP) is 2.08. The Balaban J connectivity index is 1.50. The number of hydrogen-bond donors (Lipinski definition) is 1. The van der Waals surface area contributed by atoms with Gasteiger partial charge < -0.3 is 4.90 Å². The SMILES string of the molecule is Cc1ccccc1CN1CCN(C(=O)Nc2ccn(C)n2)CC1. The Morgan fingerprint density at radius 3 is 2.57 bits per heavy atom. The summed E-state index contributed by atoms with van der Waals surface area (Å²) < 4.78 is 1.68. The number of urea groups is 1. The lowest BCUT2D eigenvalue weighted by atomic mass is 10.1. The Labute approximate surface area is 136 Å². The van der Waals surface area contributed by atoms with E-state index in [2.05, 4.69) is 46.5 Å². The minimum Gasteiger partial charge on any atom is -0.322 e. The number of nitrogens with zero attached hydrogens (tertiary/aromatic N) is 4. The van der Waals surface area contributed by atoms with Crippen molar-refractivity contribution in [3.8, 4) is 0 Å². The van der Waals surface area contributed by atoms with E-state index in [1.165, 1.54) is 11.1 Å². The quantitative estimate of drug-likeness (QED) is 0.944. The number of aryl methyl sites for hydroxylation is 2. The predicted molar refractivity (Wildman–Crippen MR) is 90.3 cm³/mol. The second-order valence-corrected chi connectivity index (χ2v) is 5.99. The van der Waals surface area contributed by atoms with Gasteiger partial charge in [0, 0.05) is 52.0 Å². The summed E-state index contributed by atoms with van der Waals surface area (Å²) in [6, 6.07) is 10.2. The zero-order valence-corrected chi connectivity index (χ0v) is 13.7. The fraction of sp³-hybridized carbons (Fsp3) is 0.412. The minimum absolute atomic E-state index is 0.0701. The summed E-state index contributed by atoms with van der Waals surface area (Å²) in [5.41, 5.74) is 2.68. The molecule has 1 aliphatic heterocycles. The average Bonchev–Trinajstić information content (AvgIpc) is 2.95. The van der Waals surface area contributed by atoms with Crippen LogP contribution in [0.3, 0.4) is 0 Å². The number of anilines is 1. The van der Waals surface area contributed by atoms with Crippen molar-refractivity contribution in [2.45, 2.75) is 13.5 Å². The van der Waals surface area contributed by atoms with Gasteiger partial charge in [-0.1, -0.05) is 24.3 Å². The molecule has 0 spiro atoms. The molecule has 0 atom stereocenters. The molecule has 122 valence electrons. The minimum atomic E-state index is -0.0701. The van der Waals surface area contributed by atoms with E-state index in [1.54, 1.807) is 10.7 Å². The molecule has 0 saturated carbocycles. The highest BCUT2D eigenvalue weighted by Gasteiger charge is 2.21. The van der Waals surface area contributed by atoms with Gasteiger partial charge in [-0.15, -0.1) is 0 Å². The van der Waals surface area contributed by atoms with Gasteiger partial charge in [0.2, 0.25) is 0 Å².